The average molecular weight is 345 g/mol. The molecule has 2 aromatic heterocycles. The van der Waals surface area contributed by atoms with E-state index in [2.05, 4.69) is 38.4 Å². The van der Waals surface area contributed by atoms with E-state index in [0.717, 1.165) is 49.8 Å². The summed E-state index contributed by atoms with van der Waals surface area (Å²) in [6, 6.07) is 18.8. The van der Waals surface area contributed by atoms with Crippen molar-refractivity contribution in [1.82, 2.24) is 15.0 Å². The molecule has 132 valence electrons. The van der Waals surface area contributed by atoms with Gasteiger partial charge in [-0.05, 0) is 36.6 Å². The number of nitrogens with zero attached hydrogens (tertiary/aromatic N) is 4. The lowest BCUT2D eigenvalue weighted by Crippen LogP contribution is -2.39. The summed E-state index contributed by atoms with van der Waals surface area (Å²) >= 11 is 0. The van der Waals surface area contributed by atoms with E-state index < -0.39 is 0 Å². The first-order valence-corrected chi connectivity index (χ1v) is 9.15. The largest absolute Gasteiger partial charge is 0.367 e. The Hall–Kier alpha value is -2.95. The van der Waals surface area contributed by atoms with E-state index in [9.17, 15) is 0 Å². The molecule has 1 saturated heterocycles. The van der Waals surface area contributed by atoms with Crippen LogP contribution in [0.4, 0.5) is 11.6 Å². The molecule has 1 aliphatic rings. The van der Waals surface area contributed by atoms with Gasteiger partial charge in [-0.1, -0.05) is 36.4 Å². The van der Waals surface area contributed by atoms with Crippen LogP contribution in [0.2, 0.25) is 0 Å². The van der Waals surface area contributed by atoms with Crippen molar-refractivity contribution in [3.05, 3.63) is 78.4 Å². The lowest BCUT2D eigenvalue weighted by atomic mass is 10.1. The lowest BCUT2D eigenvalue weighted by Gasteiger charge is -2.33. The van der Waals surface area contributed by atoms with Crippen molar-refractivity contribution in [2.75, 3.05) is 23.3 Å². The summed E-state index contributed by atoms with van der Waals surface area (Å²) < 4.78 is 0. The van der Waals surface area contributed by atoms with Crippen LogP contribution in [0, 0.1) is 0 Å². The first kappa shape index (κ1) is 16.5. The normalized spacial score (nSPS) is 15.0. The van der Waals surface area contributed by atoms with E-state index in [1.807, 2.05) is 48.8 Å². The molecule has 3 aromatic rings. The molecule has 4 rings (SSSR count). The molecule has 5 nitrogen and oxygen atoms in total. The highest BCUT2D eigenvalue weighted by atomic mass is 15.2. The van der Waals surface area contributed by atoms with Gasteiger partial charge in [0.15, 0.2) is 0 Å². The van der Waals surface area contributed by atoms with Crippen LogP contribution in [0.25, 0.3) is 0 Å². The SMILES string of the molecule is c1ccc(Cc2nccc(NC3CCN(c4ccccn4)CC3)n2)cc1. The molecule has 0 radical (unpaired) electrons. The molecule has 3 heterocycles. The molecule has 0 unspecified atom stereocenters. The zero-order valence-electron chi connectivity index (χ0n) is 14.8. The second kappa shape index (κ2) is 7.95. The Morgan fingerprint density at radius 3 is 2.46 bits per heavy atom. The Morgan fingerprint density at radius 1 is 0.885 bits per heavy atom. The summed E-state index contributed by atoms with van der Waals surface area (Å²) in [4.78, 5) is 15.9. The number of benzene rings is 1. The van der Waals surface area contributed by atoms with Gasteiger partial charge in [0.2, 0.25) is 0 Å². The Bertz CT molecular complexity index is 814. The van der Waals surface area contributed by atoms with Gasteiger partial charge in [0.1, 0.15) is 17.5 Å². The quantitative estimate of drug-likeness (QED) is 0.766. The topological polar surface area (TPSA) is 53.9 Å². The molecule has 1 aromatic carbocycles. The number of aromatic nitrogens is 3. The van der Waals surface area contributed by atoms with Crippen molar-refractivity contribution in [2.45, 2.75) is 25.3 Å². The predicted molar refractivity (Wildman–Crippen MR) is 104 cm³/mol. The van der Waals surface area contributed by atoms with Gasteiger partial charge in [0.05, 0.1) is 0 Å². The summed E-state index contributed by atoms with van der Waals surface area (Å²) in [6.45, 7) is 2.02. The Morgan fingerprint density at radius 2 is 1.69 bits per heavy atom. The fourth-order valence-corrected chi connectivity index (χ4v) is 3.35. The Labute approximate surface area is 154 Å². The van der Waals surface area contributed by atoms with E-state index in [1.165, 1.54) is 5.56 Å². The summed E-state index contributed by atoms with van der Waals surface area (Å²) in [5, 5.41) is 3.58. The maximum atomic E-state index is 4.69. The summed E-state index contributed by atoms with van der Waals surface area (Å²) in [5.74, 6) is 2.84. The fraction of sp³-hybridized carbons (Fsp3) is 0.286. The third-order valence-electron chi connectivity index (χ3n) is 4.73. The molecular formula is C21H23N5. The first-order chi connectivity index (χ1) is 12.9. The molecule has 0 bridgehead atoms. The first-order valence-electron chi connectivity index (χ1n) is 9.15. The van der Waals surface area contributed by atoms with E-state index >= 15 is 0 Å². The zero-order valence-corrected chi connectivity index (χ0v) is 14.8. The summed E-state index contributed by atoms with van der Waals surface area (Å²) in [7, 11) is 0. The molecule has 0 spiro atoms. The van der Waals surface area contributed by atoms with Crippen molar-refractivity contribution in [3.63, 3.8) is 0 Å². The fourth-order valence-electron chi connectivity index (χ4n) is 3.35. The summed E-state index contributed by atoms with van der Waals surface area (Å²) in [6.07, 6.45) is 6.61. The maximum Gasteiger partial charge on any atom is 0.135 e. The minimum absolute atomic E-state index is 0.439. The molecule has 1 N–H and O–H groups in total. The monoisotopic (exact) mass is 345 g/mol. The van der Waals surface area contributed by atoms with E-state index in [0.29, 0.717) is 6.04 Å². The number of rotatable bonds is 5. The summed E-state index contributed by atoms with van der Waals surface area (Å²) in [5.41, 5.74) is 1.23. The second-order valence-corrected chi connectivity index (χ2v) is 6.61. The van der Waals surface area contributed by atoms with Crippen molar-refractivity contribution < 1.29 is 0 Å². The smallest absolute Gasteiger partial charge is 0.135 e. The van der Waals surface area contributed by atoms with Crippen molar-refractivity contribution >= 4 is 11.6 Å². The molecule has 1 fully saturated rings. The van der Waals surface area contributed by atoms with Gasteiger partial charge in [0, 0.05) is 37.9 Å². The molecule has 0 aliphatic carbocycles. The number of piperidine rings is 1. The van der Waals surface area contributed by atoms with Crippen LogP contribution >= 0.6 is 0 Å². The average Bonchev–Trinajstić information content (AvgIpc) is 2.70. The molecule has 5 heteroatoms. The molecular weight excluding hydrogens is 322 g/mol. The van der Waals surface area contributed by atoms with Gasteiger partial charge < -0.3 is 10.2 Å². The van der Waals surface area contributed by atoms with E-state index in [1.54, 1.807) is 0 Å². The van der Waals surface area contributed by atoms with Crippen molar-refractivity contribution in [3.8, 4) is 0 Å². The van der Waals surface area contributed by atoms with Crippen LogP contribution in [0.15, 0.2) is 67.0 Å². The van der Waals surface area contributed by atoms with Gasteiger partial charge in [0.25, 0.3) is 0 Å². The molecule has 0 atom stereocenters. The van der Waals surface area contributed by atoms with Gasteiger partial charge in [-0.3, -0.25) is 0 Å². The van der Waals surface area contributed by atoms with Crippen molar-refractivity contribution in [2.24, 2.45) is 0 Å². The van der Waals surface area contributed by atoms with Gasteiger partial charge in [-0.25, -0.2) is 15.0 Å². The lowest BCUT2D eigenvalue weighted by molar-refractivity contribution is 0.522. The van der Waals surface area contributed by atoms with Crippen LogP contribution in [-0.2, 0) is 6.42 Å². The van der Waals surface area contributed by atoms with Crippen LogP contribution in [-0.4, -0.2) is 34.1 Å². The second-order valence-electron chi connectivity index (χ2n) is 6.61. The highest BCUT2D eigenvalue weighted by Gasteiger charge is 2.20. The van der Waals surface area contributed by atoms with Gasteiger partial charge in [-0.15, -0.1) is 0 Å². The minimum Gasteiger partial charge on any atom is -0.367 e. The maximum absolute atomic E-state index is 4.69. The zero-order chi connectivity index (χ0) is 17.6. The number of nitrogens with one attached hydrogen (secondary N) is 1. The van der Waals surface area contributed by atoms with Crippen LogP contribution < -0.4 is 10.2 Å². The number of anilines is 2. The van der Waals surface area contributed by atoms with Crippen molar-refractivity contribution in [1.29, 1.82) is 0 Å². The highest BCUT2D eigenvalue weighted by molar-refractivity contribution is 5.40. The molecule has 0 saturated carbocycles. The predicted octanol–water partition coefficient (Wildman–Crippen LogP) is 3.54. The van der Waals surface area contributed by atoms with E-state index in [-0.39, 0.29) is 0 Å². The Balaban J connectivity index is 1.34. The van der Waals surface area contributed by atoms with Crippen LogP contribution in [0.1, 0.15) is 24.2 Å². The highest BCUT2D eigenvalue weighted by Crippen LogP contribution is 2.19. The molecule has 26 heavy (non-hydrogen) atoms. The van der Waals surface area contributed by atoms with Crippen LogP contribution in [0.3, 0.4) is 0 Å². The molecule has 1 aliphatic heterocycles. The van der Waals surface area contributed by atoms with Gasteiger partial charge >= 0.3 is 0 Å². The third-order valence-corrected chi connectivity index (χ3v) is 4.73. The molecule has 0 amide bonds. The minimum atomic E-state index is 0.439. The number of pyridine rings is 1. The van der Waals surface area contributed by atoms with Gasteiger partial charge in [-0.2, -0.15) is 0 Å². The third kappa shape index (κ3) is 4.17. The van der Waals surface area contributed by atoms with E-state index in [4.69, 9.17) is 4.98 Å². The number of hydrogen-bond donors (Lipinski definition) is 1. The van der Waals surface area contributed by atoms with Crippen LogP contribution in [0.5, 0.6) is 0 Å². The standard InChI is InChI=1S/C21H23N5/c1-2-6-17(7-3-1)16-20-22-13-9-19(25-20)24-18-10-14-26(15-11-18)21-8-4-5-12-23-21/h1-9,12-13,18H,10-11,14-16H2,(H,22,24,25). The Kier molecular flexibility index (Phi) is 5.05. The number of hydrogen-bond acceptors (Lipinski definition) is 5.